The van der Waals surface area contributed by atoms with Gasteiger partial charge in [0.05, 0.1) is 12.8 Å². The summed E-state index contributed by atoms with van der Waals surface area (Å²) >= 11 is 0. The van der Waals surface area contributed by atoms with Crippen molar-refractivity contribution in [2.24, 2.45) is 7.05 Å². The maximum atomic E-state index is 12.4. The summed E-state index contributed by atoms with van der Waals surface area (Å²) in [7, 11) is 1.84. The van der Waals surface area contributed by atoms with Crippen LogP contribution in [0.4, 0.5) is 0 Å². The third-order valence-corrected chi connectivity index (χ3v) is 3.83. The fraction of sp³-hybridized carbons (Fsp3) is 0.250. The van der Waals surface area contributed by atoms with Gasteiger partial charge in [-0.2, -0.15) is 5.10 Å². The number of pyridine rings is 1. The second-order valence-electron chi connectivity index (χ2n) is 5.95. The normalized spacial score (nSPS) is 10.4. The van der Waals surface area contributed by atoms with E-state index >= 15 is 0 Å². The Kier molecular flexibility index (Phi) is 6.04. The largest absolute Gasteiger partial charge is 0.490 e. The van der Waals surface area contributed by atoms with E-state index in [-0.39, 0.29) is 5.91 Å². The maximum absolute atomic E-state index is 12.4. The number of aryl methyl sites for hydroxylation is 1. The molecule has 0 fully saturated rings. The van der Waals surface area contributed by atoms with Gasteiger partial charge in [0, 0.05) is 48.9 Å². The lowest BCUT2D eigenvalue weighted by Crippen LogP contribution is -2.22. The van der Waals surface area contributed by atoms with Crippen LogP contribution >= 0.6 is 0 Å². The lowest BCUT2D eigenvalue weighted by Gasteiger charge is -2.13. The van der Waals surface area contributed by atoms with E-state index in [9.17, 15) is 4.79 Å². The van der Waals surface area contributed by atoms with Gasteiger partial charge in [0.25, 0.3) is 5.91 Å². The molecule has 0 radical (unpaired) electrons. The molecule has 0 aliphatic carbocycles. The Morgan fingerprint density at radius 2 is 2.04 bits per heavy atom. The lowest BCUT2D eigenvalue weighted by molar-refractivity contribution is 0.0950. The molecule has 0 spiro atoms. The second kappa shape index (κ2) is 8.84. The highest BCUT2D eigenvalue weighted by Crippen LogP contribution is 2.29. The van der Waals surface area contributed by atoms with Gasteiger partial charge in [-0.15, -0.1) is 0 Å². The molecular weight excluding hydrogens is 344 g/mol. The third kappa shape index (κ3) is 5.07. The molecule has 0 saturated heterocycles. The molecule has 2 heterocycles. The van der Waals surface area contributed by atoms with Gasteiger partial charge in [-0.25, -0.2) is 0 Å². The molecule has 7 heteroatoms. The van der Waals surface area contributed by atoms with Crippen molar-refractivity contribution in [2.75, 3.05) is 6.61 Å². The van der Waals surface area contributed by atoms with Crippen LogP contribution in [0.5, 0.6) is 11.5 Å². The number of nitrogens with one attached hydrogen (secondary N) is 1. The molecule has 0 aliphatic heterocycles. The Bertz CT molecular complexity index is 893. The molecule has 0 aliphatic rings. The van der Waals surface area contributed by atoms with E-state index in [4.69, 9.17) is 9.47 Å². The molecule has 2 aromatic heterocycles. The van der Waals surface area contributed by atoms with E-state index in [0.29, 0.717) is 36.8 Å². The molecule has 1 aromatic carbocycles. The van der Waals surface area contributed by atoms with Gasteiger partial charge in [0.15, 0.2) is 11.5 Å². The minimum absolute atomic E-state index is 0.182. The highest BCUT2D eigenvalue weighted by atomic mass is 16.5. The van der Waals surface area contributed by atoms with Crippen molar-refractivity contribution in [3.05, 3.63) is 71.8 Å². The number of rotatable bonds is 8. The monoisotopic (exact) mass is 366 g/mol. The molecule has 3 rings (SSSR count). The summed E-state index contributed by atoms with van der Waals surface area (Å²) < 4.78 is 13.2. The number of ether oxygens (including phenoxy) is 2. The Hall–Kier alpha value is -3.35. The number of carbonyl (C=O) groups excluding carboxylic acids is 1. The molecular formula is C20H22N4O3. The van der Waals surface area contributed by atoms with Crippen LogP contribution in [0, 0.1) is 0 Å². The van der Waals surface area contributed by atoms with Crippen molar-refractivity contribution in [3.8, 4) is 11.5 Å². The average Bonchev–Trinajstić information content (AvgIpc) is 3.11. The van der Waals surface area contributed by atoms with E-state index in [1.165, 1.54) is 0 Å². The van der Waals surface area contributed by atoms with Gasteiger partial charge in [-0.1, -0.05) is 6.07 Å². The fourth-order valence-electron chi connectivity index (χ4n) is 2.53. The van der Waals surface area contributed by atoms with Crippen molar-refractivity contribution >= 4 is 5.91 Å². The zero-order valence-corrected chi connectivity index (χ0v) is 15.4. The number of benzene rings is 1. The van der Waals surface area contributed by atoms with Crippen LogP contribution in [0.3, 0.4) is 0 Å². The summed E-state index contributed by atoms with van der Waals surface area (Å²) in [4.78, 5) is 16.5. The maximum Gasteiger partial charge on any atom is 0.251 e. The van der Waals surface area contributed by atoms with E-state index in [2.05, 4.69) is 15.4 Å². The van der Waals surface area contributed by atoms with Crippen LogP contribution in [0.25, 0.3) is 0 Å². The third-order valence-electron chi connectivity index (χ3n) is 3.83. The number of nitrogens with zero attached hydrogens (tertiary/aromatic N) is 3. The predicted octanol–water partition coefficient (Wildman–Crippen LogP) is 2.72. The summed E-state index contributed by atoms with van der Waals surface area (Å²) in [6.07, 6.45) is 7.05. The highest BCUT2D eigenvalue weighted by molar-refractivity contribution is 5.94. The van der Waals surface area contributed by atoms with Gasteiger partial charge in [-0.05, 0) is 31.2 Å². The molecule has 27 heavy (non-hydrogen) atoms. The minimum atomic E-state index is -0.182. The highest BCUT2D eigenvalue weighted by Gasteiger charge is 2.12. The topological polar surface area (TPSA) is 78.3 Å². The zero-order chi connectivity index (χ0) is 19.1. The summed E-state index contributed by atoms with van der Waals surface area (Å²) in [5, 5.41) is 6.97. The first-order valence-corrected chi connectivity index (χ1v) is 8.70. The molecule has 140 valence electrons. The van der Waals surface area contributed by atoms with Crippen LogP contribution in [-0.4, -0.2) is 27.3 Å². The Morgan fingerprint density at radius 3 is 2.74 bits per heavy atom. The van der Waals surface area contributed by atoms with E-state index in [1.54, 1.807) is 41.5 Å². The SMILES string of the molecule is CCOc1cc(C(=O)NCc2cnn(C)c2)ccc1OCc1cccnc1. The van der Waals surface area contributed by atoms with Crippen molar-refractivity contribution in [2.45, 2.75) is 20.1 Å². The molecule has 0 atom stereocenters. The van der Waals surface area contributed by atoms with E-state index in [0.717, 1.165) is 11.1 Å². The van der Waals surface area contributed by atoms with Crippen molar-refractivity contribution in [1.29, 1.82) is 0 Å². The Morgan fingerprint density at radius 1 is 1.15 bits per heavy atom. The standard InChI is InChI=1S/C20H22N4O3/c1-3-26-19-9-17(20(25)22-11-16-12-23-24(2)13-16)6-7-18(19)27-14-15-5-4-8-21-10-15/h4-10,12-13H,3,11,14H2,1-2H3,(H,22,25). The average molecular weight is 366 g/mol. The first-order chi connectivity index (χ1) is 13.2. The fourth-order valence-corrected chi connectivity index (χ4v) is 2.53. The minimum Gasteiger partial charge on any atom is -0.490 e. The Labute approximate surface area is 158 Å². The van der Waals surface area contributed by atoms with E-state index < -0.39 is 0 Å². The molecule has 7 nitrogen and oxygen atoms in total. The number of carbonyl (C=O) groups is 1. The summed E-state index contributed by atoms with van der Waals surface area (Å²) in [6.45, 7) is 3.15. The quantitative estimate of drug-likeness (QED) is 0.663. The first-order valence-electron chi connectivity index (χ1n) is 8.70. The van der Waals surface area contributed by atoms with Crippen LogP contribution in [0.1, 0.15) is 28.4 Å². The zero-order valence-electron chi connectivity index (χ0n) is 15.4. The van der Waals surface area contributed by atoms with Gasteiger partial charge in [0.1, 0.15) is 6.61 Å². The Balaban J connectivity index is 1.67. The van der Waals surface area contributed by atoms with Gasteiger partial charge < -0.3 is 14.8 Å². The predicted molar refractivity (Wildman–Crippen MR) is 101 cm³/mol. The number of amides is 1. The summed E-state index contributed by atoms with van der Waals surface area (Å²) in [6, 6.07) is 8.96. The second-order valence-corrected chi connectivity index (χ2v) is 5.95. The van der Waals surface area contributed by atoms with Crippen molar-refractivity contribution in [3.63, 3.8) is 0 Å². The first kappa shape index (κ1) is 18.4. The van der Waals surface area contributed by atoms with Crippen LogP contribution in [0.15, 0.2) is 55.1 Å². The molecule has 1 amide bonds. The smallest absolute Gasteiger partial charge is 0.251 e. The van der Waals surface area contributed by atoms with Gasteiger partial charge in [0.2, 0.25) is 0 Å². The van der Waals surface area contributed by atoms with Crippen LogP contribution in [-0.2, 0) is 20.2 Å². The van der Waals surface area contributed by atoms with Gasteiger partial charge in [-0.3, -0.25) is 14.5 Å². The van der Waals surface area contributed by atoms with Crippen molar-refractivity contribution < 1.29 is 14.3 Å². The molecule has 0 bridgehead atoms. The van der Waals surface area contributed by atoms with Crippen LogP contribution < -0.4 is 14.8 Å². The molecule has 3 aromatic rings. The number of aromatic nitrogens is 3. The van der Waals surface area contributed by atoms with Gasteiger partial charge >= 0.3 is 0 Å². The molecule has 0 saturated carbocycles. The summed E-state index contributed by atoms with van der Waals surface area (Å²) in [5.41, 5.74) is 2.40. The number of hydrogen-bond acceptors (Lipinski definition) is 5. The van der Waals surface area contributed by atoms with Crippen molar-refractivity contribution in [1.82, 2.24) is 20.1 Å². The van der Waals surface area contributed by atoms with E-state index in [1.807, 2.05) is 32.3 Å². The lowest BCUT2D eigenvalue weighted by atomic mass is 10.2. The van der Waals surface area contributed by atoms with Crippen LogP contribution in [0.2, 0.25) is 0 Å². The molecule has 1 N–H and O–H groups in total. The molecule has 0 unspecified atom stereocenters. The number of hydrogen-bond donors (Lipinski definition) is 1. The summed E-state index contributed by atoms with van der Waals surface area (Å²) in [5.74, 6) is 0.943.